The van der Waals surface area contributed by atoms with Gasteiger partial charge in [-0.15, -0.1) is 0 Å². The maximum Gasteiger partial charge on any atom is 0.266 e. The van der Waals surface area contributed by atoms with E-state index in [2.05, 4.69) is 5.32 Å². The maximum absolute atomic E-state index is 12.7. The quantitative estimate of drug-likeness (QED) is 0.372. The molecule has 2 aromatic rings. The highest BCUT2D eigenvalue weighted by molar-refractivity contribution is 8.26. The molecule has 0 aliphatic carbocycles. The van der Waals surface area contributed by atoms with Crippen molar-refractivity contribution in [3.8, 4) is 11.5 Å². The van der Waals surface area contributed by atoms with E-state index in [0.29, 0.717) is 22.2 Å². The van der Waals surface area contributed by atoms with E-state index in [9.17, 15) is 19.8 Å². The number of rotatable bonds is 6. The van der Waals surface area contributed by atoms with Gasteiger partial charge in [0.2, 0.25) is 5.91 Å². The zero-order chi connectivity index (χ0) is 21.0. The first-order valence-corrected chi connectivity index (χ1v) is 10.2. The lowest BCUT2D eigenvalue weighted by Crippen LogP contribution is -2.47. The van der Waals surface area contributed by atoms with Gasteiger partial charge in [-0.25, -0.2) is 0 Å². The first kappa shape index (κ1) is 20.9. The molecule has 2 amide bonds. The number of aromatic hydroxyl groups is 2. The number of carbonyl (C=O) groups is 2. The Labute approximate surface area is 178 Å². The van der Waals surface area contributed by atoms with Gasteiger partial charge >= 0.3 is 0 Å². The lowest BCUT2D eigenvalue weighted by atomic mass is 10.1. The van der Waals surface area contributed by atoms with Crippen LogP contribution in [0.5, 0.6) is 11.5 Å². The van der Waals surface area contributed by atoms with Crippen LogP contribution >= 0.6 is 24.0 Å². The highest BCUT2D eigenvalue weighted by Crippen LogP contribution is 2.34. The van der Waals surface area contributed by atoms with Crippen LogP contribution in [-0.4, -0.2) is 43.8 Å². The van der Waals surface area contributed by atoms with E-state index in [-0.39, 0.29) is 23.3 Å². The van der Waals surface area contributed by atoms with Crippen molar-refractivity contribution in [1.29, 1.82) is 0 Å². The number of thioether (sulfide) groups is 1. The van der Waals surface area contributed by atoms with E-state index < -0.39 is 6.04 Å². The summed E-state index contributed by atoms with van der Waals surface area (Å²) >= 11 is 6.50. The van der Waals surface area contributed by atoms with Crippen LogP contribution in [0.25, 0.3) is 6.08 Å². The molecule has 1 atom stereocenters. The number of amides is 2. The Morgan fingerprint density at radius 1 is 1.21 bits per heavy atom. The molecule has 0 radical (unpaired) electrons. The molecule has 3 rings (SSSR count). The second-order valence-corrected chi connectivity index (χ2v) is 8.18. The summed E-state index contributed by atoms with van der Waals surface area (Å²) in [7, 11) is 0. The fourth-order valence-electron chi connectivity index (χ4n) is 2.83. The fraction of sp³-hybridized carbons (Fsp3) is 0.190. The van der Waals surface area contributed by atoms with Crippen molar-refractivity contribution in [2.75, 3.05) is 6.54 Å². The van der Waals surface area contributed by atoms with Gasteiger partial charge in [0, 0.05) is 6.54 Å². The van der Waals surface area contributed by atoms with Crippen LogP contribution in [0, 0.1) is 0 Å². The van der Waals surface area contributed by atoms with Gasteiger partial charge in [-0.1, -0.05) is 60.4 Å². The van der Waals surface area contributed by atoms with Crippen molar-refractivity contribution in [3.05, 3.63) is 64.6 Å². The Kier molecular flexibility index (Phi) is 6.56. The molecule has 3 N–H and O–H groups in total. The number of carbonyl (C=O) groups excluding carboxylic acids is 2. The molecule has 1 aliphatic rings. The summed E-state index contributed by atoms with van der Waals surface area (Å²) in [4.78, 5) is 27.1. The van der Waals surface area contributed by atoms with Gasteiger partial charge in [-0.3, -0.25) is 14.5 Å². The highest BCUT2D eigenvalue weighted by Gasteiger charge is 2.38. The minimum atomic E-state index is -0.739. The van der Waals surface area contributed by atoms with Gasteiger partial charge in [0.1, 0.15) is 10.4 Å². The molecule has 1 fully saturated rings. The minimum Gasteiger partial charge on any atom is -0.504 e. The van der Waals surface area contributed by atoms with Crippen molar-refractivity contribution in [2.45, 2.75) is 19.4 Å². The van der Waals surface area contributed by atoms with Gasteiger partial charge in [0.15, 0.2) is 11.5 Å². The third-order valence-electron chi connectivity index (χ3n) is 4.44. The van der Waals surface area contributed by atoms with Crippen LogP contribution in [-0.2, 0) is 16.0 Å². The average Bonchev–Trinajstić information content (AvgIpc) is 2.98. The zero-order valence-corrected chi connectivity index (χ0v) is 17.3. The minimum absolute atomic E-state index is 0.190. The summed E-state index contributed by atoms with van der Waals surface area (Å²) in [6, 6.07) is 13.2. The molecule has 0 bridgehead atoms. The number of nitrogens with zero attached hydrogens (tertiary/aromatic N) is 1. The second-order valence-electron chi connectivity index (χ2n) is 6.50. The predicted octanol–water partition coefficient (Wildman–Crippen LogP) is 3.05. The molecule has 29 heavy (non-hydrogen) atoms. The van der Waals surface area contributed by atoms with E-state index in [1.165, 1.54) is 28.8 Å². The van der Waals surface area contributed by atoms with Gasteiger partial charge in [-0.05, 0) is 42.7 Å². The van der Waals surface area contributed by atoms with Gasteiger partial charge in [-0.2, -0.15) is 0 Å². The average molecular weight is 429 g/mol. The van der Waals surface area contributed by atoms with Crippen molar-refractivity contribution in [1.82, 2.24) is 10.2 Å². The first-order valence-electron chi connectivity index (χ1n) is 8.97. The van der Waals surface area contributed by atoms with Gasteiger partial charge in [0.25, 0.3) is 5.91 Å². The lowest BCUT2D eigenvalue weighted by Gasteiger charge is -2.22. The molecule has 0 spiro atoms. The van der Waals surface area contributed by atoms with Crippen molar-refractivity contribution < 1.29 is 19.8 Å². The zero-order valence-electron chi connectivity index (χ0n) is 15.7. The topological polar surface area (TPSA) is 89.9 Å². The van der Waals surface area contributed by atoms with E-state index >= 15 is 0 Å². The number of hydrogen-bond acceptors (Lipinski definition) is 6. The molecule has 1 aliphatic heterocycles. The lowest BCUT2D eigenvalue weighted by molar-refractivity contribution is -0.132. The Balaban J connectivity index is 1.60. The van der Waals surface area contributed by atoms with E-state index in [1.54, 1.807) is 19.1 Å². The maximum atomic E-state index is 12.7. The Morgan fingerprint density at radius 2 is 1.93 bits per heavy atom. The summed E-state index contributed by atoms with van der Waals surface area (Å²) < 4.78 is 0.350. The third kappa shape index (κ3) is 4.96. The van der Waals surface area contributed by atoms with E-state index in [4.69, 9.17) is 12.2 Å². The van der Waals surface area contributed by atoms with Crippen LogP contribution in [0.15, 0.2) is 53.4 Å². The summed E-state index contributed by atoms with van der Waals surface area (Å²) in [5.41, 5.74) is 1.66. The predicted molar refractivity (Wildman–Crippen MR) is 117 cm³/mol. The number of nitrogens with one attached hydrogen (secondary N) is 1. The summed E-state index contributed by atoms with van der Waals surface area (Å²) in [5.74, 6) is -0.991. The van der Waals surface area contributed by atoms with Crippen LogP contribution in [0.3, 0.4) is 0 Å². The molecule has 1 saturated heterocycles. The van der Waals surface area contributed by atoms with Crippen molar-refractivity contribution >= 4 is 46.2 Å². The van der Waals surface area contributed by atoms with E-state index in [0.717, 1.165) is 11.1 Å². The molecular formula is C21H20N2O4S2. The fourth-order valence-corrected chi connectivity index (χ4v) is 4.25. The number of phenolic OH excluding ortho intramolecular Hbond substituents is 2. The van der Waals surface area contributed by atoms with Crippen molar-refractivity contribution in [3.63, 3.8) is 0 Å². The van der Waals surface area contributed by atoms with Crippen LogP contribution in [0.4, 0.5) is 0 Å². The third-order valence-corrected chi connectivity index (χ3v) is 5.77. The Morgan fingerprint density at radius 3 is 2.62 bits per heavy atom. The molecule has 6 nitrogen and oxygen atoms in total. The number of phenols is 2. The Hall–Kier alpha value is -2.84. The van der Waals surface area contributed by atoms with Gasteiger partial charge < -0.3 is 15.5 Å². The second kappa shape index (κ2) is 9.11. The molecule has 1 unspecified atom stereocenters. The monoisotopic (exact) mass is 428 g/mol. The summed E-state index contributed by atoms with van der Waals surface area (Å²) in [5, 5.41) is 21.6. The number of thiocarbonyl (C=S) groups is 1. The Bertz CT molecular complexity index is 976. The SMILES string of the molecule is CC(C(=O)NCCc1ccc(O)c(O)c1)N1C(=O)C(=Cc2ccccc2)SC1=S. The molecule has 1 heterocycles. The smallest absolute Gasteiger partial charge is 0.266 e. The van der Waals surface area contributed by atoms with Crippen molar-refractivity contribution in [2.24, 2.45) is 0 Å². The molecule has 0 aromatic heterocycles. The summed E-state index contributed by atoms with van der Waals surface area (Å²) in [6.07, 6.45) is 2.24. The van der Waals surface area contributed by atoms with Crippen LogP contribution in [0.1, 0.15) is 18.1 Å². The highest BCUT2D eigenvalue weighted by atomic mass is 32.2. The first-order chi connectivity index (χ1) is 13.9. The molecule has 8 heteroatoms. The molecular weight excluding hydrogens is 408 g/mol. The largest absolute Gasteiger partial charge is 0.504 e. The normalized spacial score (nSPS) is 16.3. The molecule has 0 saturated carbocycles. The van der Waals surface area contributed by atoms with Crippen LogP contribution < -0.4 is 5.32 Å². The summed E-state index contributed by atoms with van der Waals surface area (Å²) in [6.45, 7) is 1.96. The standard InChI is InChI=1S/C21H20N2O4S2/c1-13(19(26)22-10-9-15-7-8-16(24)17(25)11-15)23-20(27)18(29-21(23)28)12-14-5-3-2-4-6-14/h2-8,11-13,24-25H,9-10H2,1H3,(H,22,26). The molecule has 150 valence electrons. The van der Waals surface area contributed by atoms with Gasteiger partial charge in [0.05, 0.1) is 4.91 Å². The van der Waals surface area contributed by atoms with Crippen LogP contribution in [0.2, 0.25) is 0 Å². The molecule has 2 aromatic carbocycles. The van der Waals surface area contributed by atoms with E-state index in [1.807, 2.05) is 30.3 Å². The number of hydrogen-bond donors (Lipinski definition) is 3. The number of benzene rings is 2.